The van der Waals surface area contributed by atoms with E-state index in [2.05, 4.69) is 0 Å². The Morgan fingerprint density at radius 1 is 1.33 bits per heavy atom. The first kappa shape index (κ1) is 12.4. The maximum atomic E-state index is 11.4. The highest BCUT2D eigenvalue weighted by Gasteiger charge is 2.06. The van der Waals surface area contributed by atoms with Crippen molar-refractivity contribution in [3.63, 3.8) is 0 Å². The minimum atomic E-state index is -0.372. The molecule has 0 aliphatic rings. The minimum Gasteiger partial charge on any atom is -0.486 e. The largest absolute Gasteiger partial charge is 0.486 e. The van der Waals surface area contributed by atoms with E-state index in [1.807, 2.05) is 13.0 Å². The van der Waals surface area contributed by atoms with Crippen molar-refractivity contribution in [1.82, 2.24) is 0 Å². The summed E-state index contributed by atoms with van der Waals surface area (Å²) < 4.78 is 10.4. The lowest BCUT2D eigenvalue weighted by Crippen LogP contribution is -2.06. The Morgan fingerprint density at radius 2 is 2.11 bits per heavy atom. The third kappa shape index (κ3) is 2.59. The number of ketones is 1. The van der Waals surface area contributed by atoms with Gasteiger partial charge in [0.25, 0.3) is 0 Å². The maximum absolute atomic E-state index is 11.4. The second kappa shape index (κ2) is 5.04. The summed E-state index contributed by atoms with van der Waals surface area (Å²) in [6, 6.07) is 6.74. The molecule has 0 radical (unpaired) electrons. The van der Waals surface area contributed by atoms with Crippen LogP contribution in [0.3, 0.4) is 0 Å². The number of fused-ring (bicyclic) bond motifs is 1. The van der Waals surface area contributed by atoms with Gasteiger partial charge in [-0.1, -0.05) is 6.92 Å². The van der Waals surface area contributed by atoms with Crippen molar-refractivity contribution < 1.29 is 13.9 Å². The van der Waals surface area contributed by atoms with Crippen molar-refractivity contribution in [3.8, 4) is 5.75 Å². The molecule has 0 unspecified atom stereocenters. The molecule has 0 aliphatic carbocycles. The summed E-state index contributed by atoms with van der Waals surface area (Å²) in [7, 11) is 0. The first-order chi connectivity index (χ1) is 8.60. The van der Waals surface area contributed by atoms with Crippen LogP contribution in [0.25, 0.3) is 11.0 Å². The van der Waals surface area contributed by atoms with Crippen LogP contribution in [-0.2, 0) is 11.2 Å². The summed E-state index contributed by atoms with van der Waals surface area (Å²) in [5, 5.41) is 0.896. The van der Waals surface area contributed by atoms with Gasteiger partial charge in [-0.3, -0.25) is 4.79 Å². The topological polar surface area (TPSA) is 56.5 Å². The monoisotopic (exact) mass is 246 g/mol. The summed E-state index contributed by atoms with van der Waals surface area (Å²) in [5.74, 6) is 0.466. The van der Waals surface area contributed by atoms with E-state index in [1.165, 1.54) is 13.0 Å². The summed E-state index contributed by atoms with van der Waals surface area (Å²) in [6.07, 6.45) is 0.760. The van der Waals surface area contributed by atoms with Gasteiger partial charge in [-0.05, 0) is 31.0 Å². The molecule has 0 fully saturated rings. The number of hydrogen-bond donors (Lipinski definition) is 0. The molecular formula is C14H14O4. The Labute approximate surface area is 104 Å². The molecule has 0 bridgehead atoms. The van der Waals surface area contributed by atoms with E-state index in [-0.39, 0.29) is 18.0 Å². The molecule has 0 spiro atoms. The van der Waals surface area contributed by atoms with Crippen LogP contribution in [0.2, 0.25) is 0 Å². The van der Waals surface area contributed by atoms with E-state index in [9.17, 15) is 9.59 Å². The first-order valence-corrected chi connectivity index (χ1v) is 5.79. The molecule has 0 saturated heterocycles. The Balaban J connectivity index is 2.45. The Bertz CT molecular complexity index is 640. The van der Waals surface area contributed by atoms with Gasteiger partial charge in [0.1, 0.15) is 17.9 Å². The van der Waals surface area contributed by atoms with Crippen LogP contribution in [0.4, 0.5) is 0 Å². The van der Waals surface area contributed by atoms with E-state index in [1.54, 1.807) is 12.1 Å². The fourth-order valence-electron chi connectivity index (χ4n) is 1.78. The minimum absolute atomic E-state index is 0.0171. The average Bonchev–Trinajstić information content (AvgIpc) is 2.34. The molecule has 1 aromatic heterocycles. The molecule has 18 heavy (non-hydrogen) atoms. The molecule has 4 heteroatoms. The second-order valence-corrected chi connectivity index (χ2v) is 4.09. The SMILES string of the molecule is CCc1cc(=O)oc2cc(OCC(C)=O)ccc12. The van der Waals surface area contributed by atoms with E-state index in [4.69, 9.17) is 9.15 Å². The number of carbonyl (C=O) groups is 1. The van der Waals surface area contributed by atoms with Crippen LogP contribution in [0.5, 0.6) is 5.75 Å². The number of benzene rings is 1. The van der Waals surface area contributed by atoms with Crippen molar-refractivity contribution >= 4 is 16.8 Å². The average molecular weight is 246 g/mol. The maximum Gasteiger partial charge on any atom is 0.336 e. The molecule has 0 saturated carbocycles. The third-order valence-electron chi connectivity index (χ3n) is 2.62. The Kier molecular flexibility index (Phi) is 3.46. The van der Waals surface area contributed by atoms with E-state index in [0.29, 0.717) is 11.3 Å². The Hall–Kier alpha value is -2.10. The molecule has 94 valence electrons. The fourth-order valence-corrected chi connectivity index (χ4v) is 1.78. The zero-order valence-corrected chi connectivity index (χ0v) is 10.4. The van der Waals surface area contributed by atoms with Crippen LogP contribution in [0.15, 0.2) is 33.5 Å². The smallest absolute Gasteiger partial charge is 0.336 e. The summed E-state index contributed by atoms with van der Waals surface area (Å²) in [6.45, 7) is 3.45. The summed E-state index contributed by atoms with van der Waals surface area (Å²) >= 11 is 0. The Morgan fingerprint density at radius 3 is 2.78 bits per heavy atom. The highest BCUT2D eigenvalue weighted by Crippen LogP contribution is 2.22. The van der Waals surface area contributed by atoms with Crippen LogP contribution < -0.4 is 10.4 Å². The molecule has 0 aliphatic heterocycles. The van der Waals surface area contributed by atoms with Crippen molar-refractivity contribution in [2.24, 2.45) is 0 Å². The van der Waals surface area contributed by atoms with Gasteiger partial charge in [-0.15, -0.1) is 0 Å². The van der Waals surface area contributed by atoms with Gasteiger partial charge in [0.05, 0.1) is 0 Å². The quantitative estimate of drug-likeness (QED) is 0.777. The predicted octanol–water partition coefficient (Wildman–Crippen LogP) is 2.32. The third-order valence-corrected chi connectivity index (χ3v) is 2.62. The second-order valence-electron chi connectivity index (χ2n) is 4.09. The lowest BCUT2D eigenvalue weighted by atomic mass is 10.1. The highest BCUT2D eigenvalue weighted by molar-refractivity contribution is 5.82. The molecule has 1 heterocycles. The van der Waals surface area contributed by atoms with Crippen molar-refractivity contribution in [2.75, 3.05) is 6.61 Å². The molecule has 0 N–H and O–H groups in total. The number of Topliss-reactive ketones (excluding diaryl/α,β-unsaturated/α-hetero) is 1. The molecule has 4 nitrogen and oxygen atoms in total. The van der Waals surface area contributed by atoms with E-state index < -0.39 is 0 Å². The van der Waals surface area contributed by atoms with Gasteiger partial charge >= 0.3 is 5.63 Å². The van der Waals surface area contributed by atoms with Gasteiger partial charge in [-0.25, -0.2) is 4.79 Å². The van der Waals surface area contributed by atoms with Crippen molar-refractivity contribution in [1.29, 1.82) is 0 Å². The zero-order valence-electron chi connectivity index (χ0n) is 10.4. The summed E-state index contributed by atoms with van der Waals surface area (Å²) in [5.41, 5.74) is 1.06. The number of hydrogen-bond acceptors (Lipinski definition) is 4. The molecule has 2 aromatic rings. The van der Waals surface area contributed by atoms with Crippen LogP contribution in [0.1, 0.15) is 19.4 Å². The first-order valence-electron chi connectivity index (χ1n) is 5.79. The number of rotatable bonds is 4. The normalized spacial score (nSPS) is 10.6. The molecule has 2 rings (SSSR count). The summed E-state index contributed by atoms with van der Waals surface area (Å²) in [4.78, 5) is 22.2. The van der Waals surface area contributed by atoms with Crippen LogP contribution in [-0.4, -0.2) is 12.4 Å². The van der Waals surface area contributed by atoms with Gasteiger partial charge in [-0.2, -0.15) is 0 Å². The number of aryl methyl sites for hydroxylation is 1. The van der Waals surface area contributed by atoms with Crippen LogP contribution >= 0.6 is 0 Å². The lowest BCUT2D eigenvalue weighted by molar-refractivity contribution is -0.118. The zero-order chi connectivity index (χ0) is 13.1. The molecule has 1 aromatic carbocycles. The van der Waals surface area contributed by atoms with Crippen molar-refractivity contribution in [3.05, 3.63) is 40.2 Å². The predicted molar refractivity (Wildman–Crippen MR) is 68.0 cm³/mol. The molecule has 0 amide bonds. The number of ether oxygens (including phenoxy) is 1. The fraction of sp³-hybridized carbons (Fsp3) is 0.286. The van der Waals surface area contributed by atoms with Gasteiger partial charge in [0.2, 0.25) is 0 Å². The molecule has 0 atom stereocenters. The van der Waals surface area contributed by atoms with Crippen LogP contribution in [0, 0.1) is 0 Å². The molecular weight excluding hydrogens is 232 g/mol. The number of carbonyl (C=O) groups excluding carboxylic acids is 1. The van der Waals surface area contributed by atoms with Gasteiger partial charge in [0.15, 0.2) is 5.78 Å². The van der Waals surface area contributed by atoms with E-state index in [0.717, 1.165) is 17.4 Å². The van der Waals surface area contributed by atoms with Crippen molar-refractivity contribution in [2.45, 2.75) is 20.3 Å². The van der Waals surface area contributed by atoms with E-state index >= 15 is 0 Å². The lowest BCUT2D eigenvalue weighted by Gasteiger charge is -2.06. The highest BCUT2D eigenvalue weighted by atomic mass is 16.5. The van der Waals surface area contributed by atoms with Gasteiger partial charge < -0.3 is 9.15 Å². The standard InChI is InChI=1S/C14H14O4/c1-3-10-6-14(16)18-13-7-11(4-5-12(10)13)17-8-9(2)15/h4-7H,3,8H2,1-2H3. The van der Waals surface area contributed by atoms with Gasteiger partial charge in [0, 0.05) is 17.5 Å².